The largest absolute Gasteiger partial charge is 0.339 e. The number of likely N-dealkylation sites (N-methyl/N-ethyl adjacent to an activating group) is 1. The van der Waals surface area contributed by atoms with E-state index in [1.807, 2.05) is 11.0 Å². The zero-order chi connectivity index (χ0) is 16.8. The van der Waals surface area contributed by atoms with Crippen LogP contribution < -0.4 is 5.32 Å². The van der Waals surface area contributed by atoms with E-state index >= 15 is 0 Å². The second-order valence-electron chi connectivity index (χ2n) is 6.71. The van der Waals surface area contributed by atoms with Gasteiger partial charge in [0.1, 0.15) is 0 Å². The van der Waals surface area contributed by atoms with Crippen LogP contribution in [0.1, 0.15) is 5.56 Å². The van der Waals surface area contributed by atoms with Gasteiger partial charge < -0.3 is 15.1 Å². The molecule has 1 N–H and O–H groups in total. The van der Waals surface area contributed by atoms with Crippen molar-refractivity contribution in [3.8, 4) is 0 Å². The van der Waals surface area contributed by atoms with Crippen LogP contribution in [0.3, 0.4) is 0 Å². The predicted octanol–water partition coefficient (Wildman–Crippen LogP) is 0.748. The van der Waals surface area contributed by atoms with E-state index in [1.54, 1.807) is 0 Å². The second kappa shape index (κ2) is 8.42. The molecule has 0 spiro atoms. The first kappa shape index (κ1) is 17.1. The number of carbonyl (C=O) groups is 1. The summed E-state index contributed by atoms with van der Waals surface area (Å²) in [7, 11) is 2.11. The van der Waals surface area contributed by atoms with Gasteiger partial charge in [0, 0.05) is 52.4 Å². The smallest absolute Gasteiger partial charge is 0.241 e. The van der Waals surface area contributed by atoms with Crippen molar-refractivity contribution in [3.05, 3.63) is 42.0 Å². The summed E-state index contributed by atoms with van der Waals surface area (Å²) >= 11 is 0. The summed E-state index contributed by atoms with van der Waals surface area (Å²) in [6.45, 7) is 7.20. The summed E-state index contributed by atoms with van der Waals surface area (Å²) in [5.74, 6) is 0.264. The minimum absolute atomic E-state index is 0.0627. The number of amides is 1. The summed E-state index contributed by atoms with van der Waals surface area (Å²) in [4.78, 5) is 19.3. The lowest BCUT2D eigenvalue weighted by Crippen LogP contribution is -2.60. The van der Waals surface area contributed by atoms with Gasteiger partial charge in [0.15, 0.2) is 0 Å². The quantitative estimate of drug-likeness (QED) is 0.885. The highest BCUT2D eigenvalue weighted by Gasteiger charge is 2.29. The maximum absolute atomic E-state index is 12.7. The number of piperazine rings is 2. The fourth-order valence-electron chi connectivity index (χ4n) is 3.29. The van der Waals surface area contributed by atoms with E-state index < -0.39 is 0 Å². The van der Waals surface area contributed by atoms with Gasteiger partial charge in [0.25, 0.3) is 0 Å². The van der Waals surface area contributed by atoms with Crippen LogP contribution >= 0.6 is 0 Å². The molecule has 24 heavy (non-hydrogen) atoms. The zero-order valence-corrected chi connectivity index (χ0v) is 14.5. The number of carbonyl (C=O) groups excluding carboxylic acids is 1. The van der Waals surface area contributed by atoms with Gasteiger partial charge in [-0.25, -0.2) is 0 Å². The summed E-state index contributed by atoms with van der Waals surface area (Å²) in [6, 6.07) is 10.3. The average Bonchev–Trinajstić information content (AvgIpc) is 2.63. The fourth-order valence-corrected chi connectivity index (χ4v) is 3.29. The third-order valence-electron chi connectivity index (χ3n) is 4.85. The Hall–Kier alpha value is -1.69. The molecule has 2 saturated heterocycles. The van der Waals surface area contributed by atoms with Gasteiger partial charge in [-0.1, -0.05) is 42.5 Å². The zero-order valence-electron chi connectivity index (χ0n) is 14.5. The molecular weight excluding hydrogens is 300 g/mol. The SMILES string of the molecule is CN1CCN(C(=O)C2CN(C/C=C/c3ccccc3)CCN2)CC1. The molecule has 3 rings (SSSR count). The Balaban J connectivity index is 1.49. The number of rotatable bonds is 4. The van der Waals surface area contributed by atoms with Crippen molar-refractivity contribution in [2.45, 2.75) is 6.04 Å². The van der Waals surface area contributed by atoms with Crippen molar-refractivity contribution >= 4 is 12.0 Å². The van der Waals surface area contributed by atoms with Crippen LogP contribution in [0, 0.1) is 0 Å². The molecular formula is C19H28N4O. The number of benzene rings is 1. The predicted molar refractivity (Wildman–Crippen MR) is 97.8 cm³/mol. The van der Waals surface area contributed by atoms with Gasteiger partial charge in [-0.05, 0) is 12.6 Å². The van der Waals surface area contributed by atoms with Crippen molar-refractivity contribution in [2.24, 2.45) is 0 Å². The van der Waals surface area contributed by atoms with Crippen LogP contribution in [0.15, 0.2) is 36.4 Å². The van der Waals surface area contributed by atoms with Crippen molar-refractivity contribution in [3.63, 3.8) is 0 Å². The van der Waals surface area contributed by atoms with E-state index in [9.17, 15) is 4.79 Å². The summed E-state index contributed by atoms with van der Waals surface area (Å²) in [6.07, 6.45) is 4.34. The molecule has 1 atom stereocenters. The van der Waals surface area contributed by atoms with Crippen molar-refractivity contribution < 1.29 is 4.79 Å². The number of nitrogens with zero attached hydrogens (tertiary/aromatic N) is 3. The van der Waals surface area contributed by atoms with Crippen molar-refractivity contribution in [2.75, 3.05) is 59.4 Å². The molecule has 130 valence electrons. The first-order valence-electron chi connectivity index (χ1n) is 8.87. The second-order valence-corrected chi connectivity index (χ2v) is 6.71. The first-order valence-corrected chi connectivity index (χ1v) is 8.87. The molecule has 5 nitrogen and oxygen atoms in total. The van der Waals surface area contributed by atoms with Gasteiger partial charge in [-0.15, -0.1) is 0 Å². The Morgan fingerprint density at radius 1 is 1.17 bits per heavy atom. The molecule has 0 saturated carbocycles. The monoisotopic (exact) mass is 328 g/mol. The standard InChI is InChI=1S/C19H28N4O/c1-21-12-14-23(15-13-21)19(24)18-16-22(11-9-20-18)10-5-8-17-6-3-2-4-7-17/h2-8,18,20H,9-16H2,1H3/b8-5+. The lowest BCUT2D eigenvalue weighted by atomic mass is 10.1. The average molecular weight is 328 g/mol. The molecule has 2 aliphatic heterocycles. The lowest BCUT2D eigenvalue weighted by molar-refractivity contribution is -0.136. The maximum Gasteiger partial charge on any atom is 0.241 e. The topological polar surface area (TPSA) is 38.8 Å². The molecule has 0 aliphatic carbocycles. The highest BCUT2D eigenvalue weighted by atomic mass is 16.2. The molecule has 1 aromatic carbocycles. The minimum Gasteiger partial charge on any atom is -0.339 e. The summed E-state index contributed by atoms with van der Waals surface area (Å²) in [5.41, 5.74) is 1.22. The van der Waals surface area contributed by atoms with Gasteiger partial charge in [-0.2, -0.15) is 0 Å². The van der Waals surface area contributed by atoms with E-state index in [-0.39, 0.29) is 11.9 Å². The molecule has 1 aromatic rings. The number of hydrogen-bond acceptors (Lipinski definition) is 4. The molecule has 1 amide bonds. The molecule has 0 aromatic heterocycles. The van der Waals surface area contributed by atoms with Crippen LogP contribution in [0.5, 0.6) is 0 Å². The third kappa shape index (κ3) is 4.66. The van der Waals surface area contributed by atoms with Gasteiger partial charge in [0.05, 0.1) is 6.04 Å². The Labute approximate surface area is 144 Å². The van der Waals surface area contributed by atoms with E-state index in [0.29, 0.717) is 0 Å². The Morgan fingerprint density at radius 3 is 2.67 bits per heavy atom. The molecule has 2 aliphatic rings. The van der Waals surface area contributed by atoms with Crippen LogP contribution in [0.25, 0.3) is 6.08 Å². The van der Waals surface area contributed by atoms with E-state index in [0.717, 1.165) is 52.4 Å². The van der Waals surface area contributed by atoms with E-state index in [4.69, 9.17) is 0 Å². The van der Waals surface area contributed by atoms with Crippen LogP contribution in [0.4, 0.5) is 0 Å². The molecule has 2 heterocycles. The van der Waals surface area contributed by atoms with E-state index in [1.165, 1.54) is 5.56 Å². The number of nitrogens with one attached hydrogen (secondary N) is 1. The van der Waals surface area contributed by atoms with E-state index in [2.05, 4.69) is 58.6 Å². The highest BCUT2D eigenvalue weighted by Crippen LogP contribution is 2.07. The van der Waals surface area contributed by atoms with Crippen molar-refractivity contribution in [1.82, 2.24) is 20.0 Å². The van der Waals surface area contributed by atoms with Gasteiger partial charge in [-0.3, -0.25) is 9.69 Å². The molecule has 0 radical (unpaired) electrons. The van der Waals surface area contributed by atoms with Crippen molar-refractivity contribution in [1.29, 1.82) is 0 Å². The Morgan fingerprint density at radius 2 is 1.92 bits per heavy atom. The molecule has 0 bridgehead atoms. The molecule has 5 heteroatoms. The highest BCUT2D eigenvalue weighted by molar-refractivity contribution is 5.82. The normalized spacial score (nSPS) is 23.7. The van der Waals surface area contributed by atoms with Gasteiger partial charge >= 0.3 is 0 Å². The fraction of sp³-hybridized carbons (Fsp3) is 0.526. The van der Waals surface area contributed by atoms with Crippen LogP contribution in [-0.2, 0) is 4.79 Å². The Kier molecular flexibility index (Phi) is 6.01. The summed E-state index contributed by atoms with van der Waals surface area (Å²) in [5, 5.41) is 3.39. The minimum atomic E-state index is -0.0627. The van der Waals surface area contributed by atoms with Gasteiger partial charge in [0.2, 0.25) is 5.91 Å². The summed E-state index contributed by atoms with van der Waals surface area (Å²) < 4.78 is 0. The third-order valence-corrected chi connectivity index (χ3v) is 4.85. The first-order chi connectivity index (χ1) is 11.7. The lowest BCUT2D eigenvalue weighted by Gasteiger charge is -2.38. The molecule has 2 fully saturated rings. The number of hydrogen-bond donors (Lipinski definition) is 1. The van der Waals surface area contributed by atoms with Crippen LogP contribution in [-0.4, -0.2) is 86.1 Å². The molecule has 1 unspecified atom stereocenters. The van der Waals surface area contributed by atoms with Crippen LogP contribution in [0.2, 0.25) is 0 Å². The maximum atomic E-state index is 12.7. The Bertz CT molecular complexity index is 552.